The van der Waals surface area contributed by atoms with E-state index < -0.39 is 5.97 Å². The van der Waals surface area contributed by atoms with E-state index in [1.165, 1.54) is 0 Å². The van der Waals surface area contributed by atoms with Crippen molar-refractivity contribution >= 4 is 22.9 Å². The van der Waals surface area contributed by atoms with Crippen LogP contribution in [0.2, 0.25) is 0 Å². The summed E-state index contributed by atoms with van der Waals surface area (Å²) in [6.45, 7) is 2.43. The highest BCUT2D eigenvalue weighted by Crippen LogP contribution is 2.25. The van der Waals surface area contributed by atoms with Crippen molar-refractivity contribution in [3.63, 3.8) is 0 Å². The van der Waals surface area contributed by atoms with E-state index in [9.17, 15) is 15.3 Å². The lowest BCUT2D eigenvalue weighted by atomic mass is 10.1. The standard InChI is InChI=1S/C22H17N3O2/c1-2-27-22(26)18(13-24)11-19-15-25(21-10-6-5-9-20(19)21)14-17-8-4-3-7-16(17)12-23/h3-11,15H,2,14H2,1H3/b18-11+. The Labute approximate surface area is 157 Å². The highest BCUT2D eigenvalue weighted by molar-refractivity contribution is 6.01. The quantitative estimate of drug-likeness (QED) is 0.393. The number of carbonyl (C=O) groups excluding carboxylic acids is 1. The molecule has 3 aromatic rings. The molecule has 5 nitrogen and oxygen atoms in total. The first-order valence-corrected chi connectivity index (χ1v) is 8.52. The van der Waals surface area contributed by atoms with Crippen LogP contribution in [-0.2, 0) is 16.1 Å². The number of nitriles is 2. The van der Waals surface area contributed by atoms with Crippen LogP contribution in [0.4, 0.5) is 0 Å². The molecular formula is C22H17N3O2. The number of para-hydroxylation sites is 1. The first-order valence-electron chi connectivity index (χ1n) is 8.52. The summed E-state index contributed by atoms with van der Waals surface area (Å²) in [4.78, 5) is 11.9. The Morgan fingerprint density at radius 1 is 1.15 bits per heavy atom. The van der Waals surface area contributed by atoms with E-state index in [1.54, 1.807) is 19.1 Å². The second-order valence-corrected chi connectivity index (χ2v) is 5.89. The predicted octanol–water partition coefficient (Wildman–Crippen LogP) is 4.03. The minimum atomic E-state index is -0.633. The van der Waals surface area contributed by atoms with Gasteiger partial charge >= 0.3 is 5.97 Å². The number of aromatic nitrogens is 1. The number of ether oxygens (including phenoxy) is 1. The number of fused-ring (bicyclic) bond motifs is 1. The summed E-state index contributed by atoms with van der Waals surface area (Å²) >= 11 is 0. The largest absolute Gasteiger partial charge is 0.462 e. The number of benzene rings is 2. The monoisotopic (exact) mass is 355 g/mol. The summed E-state index contributed by atoms with van der Waals surface area (Å²) < 4.78 is 6.95. The molecule has 132 valence electrons. The average Bonchev–Trinajstić information content (AvgIpc) is 3.04. The molecule has 0 saturated carbocycles. The van der Waals surface area contributed by atoms with Gasteiger partial charge in [-0.25, -0.2) is 4.79 Å². The maximum absolute atomic E-state index is 11.9. The molecule has 5 heteroatoms. The van der Waals surface area contributed by atoms with E-state index >= 15 is 0 Å². The van der Waals surface area contributed by atoms with Crippen LogP contribution in [0.3, 0.4) is 0 Å². The fraction of sp³-hybridized carbons (Fsp3) is 0.136. The van der Waals surface area contributed by atoms with Gasteiger partial charge in [0.15, 0.2) is 0 Å². The third kappa shape index (κ3) is 3.73. The summed E-state index contributed by atoms with van der Waals surface area (Å²) in [7, 11) is 0. The molecule has 0 spiro atoms. The van der Waals surface area contributed by atoms with Crippen molar-refractivity contribution in [3.05, 3.63) is 77.0 Å². The molecule has 3 rings (SSSR count). The van der Waals surface area contributed by atoms with Crippen LogP contribution >= 0.6 is 0 Å². The SMILES string of the molecule is CCOC(=O)/C(C#N)=C/c1cn(Cc2ccccc2C#N)c2ccccc12. The Morgan fingerprint density at radius 3 is 2.63 bits per heavy atom. The van der Waals surface area contributed by atoms with Crippen molar-refractivity contribution in [1.82, 2.24) is 4.57 Å². The Morgan fingerprint density at radius 2 is 1.89 bits per heavy atom. The van der Waals surface area contributed by atoms with Gasteiger partial charge in [-0.3, -0.25) is 0 Å². The lowest BCUT2D eigenvalue weighted by Crippen LogP contribution is -2.05. The van der Waals surface area contributed by atoms with Crippen LogP contribution in [0.1, 0.15) is 23.6 Å². The maximum Gasteiger partial charge on any atom is 0.348 e. The van der Waals surface area contributed by atoms with Gasteiger partial charge in [0.25, 0.3) is 0 Å². The fourth-order valence-corrected chi connectivity index (χ4v) is 2.97. The molecule has 1 aromatic heterocycles. The van der Waals surface area contributed by atoms with E-state index in [0.29, 0.717) is 12.1 Å². The van der Waals surface area contributed by atoms with Gasteiger partial charge in [-0.05, 0) is 30.7 Å². The lowest BCUT2D eigenvalue weighted by molar-refractivity contribution is -0.137. The van der Waals surface area contributed by atoms with E-state index in [4.69, 9.17) is 4.74 Å². The normalized spacial score (nSPS) is 11.0. The molecule has 0 atom stereocenters. The van der Waals surface area contributed by atoms with Gasteiger partial charge in [0.2, 0.25) is 0 Å². The Bertz CT molecular complexity index is 1110. The van der Waals surface area contributed by atoms with E-state index in [1.807, 2.05) is 59.3 Å². The van der Waals surface area contributed by atoms with Gasteiger partial charge in [-0.2, -0.15) is 10.5 Å². The minimum absolute atomic E-state index is 0.0443. The van der Waals surface area contributed by atoms with Crippen molar-refractivity contribution in [2.75, 3.05) is 6.61 Å². The van der Waals surface area contributed by atoms with Crippen molar-refractivity contribution in [3.8, 4) is 12.1 Å². The zero-order chi connectivity index (χ0) is 19.2. The van der Waals surface area contributed by atoms with E-state index in [2.05, 4.69) is 6.07 Å². The first kappa shape index (κ1) is 18.0. The molecule has 2 aromatic carbocycles. The molecule has 0 bridgehead atoms. The third-order valence-electron chi connectivity index (χ3n) is 4.21. The average molecular weight is 355 g/mol. The molecule has 0 aliphatic carbocycles. The molecular weight excluding hydrogens is 338 g/mol. The van der Waals surface area contributed by atoms with Gasteiger partial charge in [0.1, 0.15) is 11.6 Å². The summed E-state index contributed by atoms with van der Waals surface area (Å²) in [6.07, 6.45) is 3.43. The molecule has 0 fully saturated rings. The second kappa shape index (κ2) is 8.03. The van der Waals surface area contributed by atoms with Gasteiger partial charge < -0.3 is 9.30 Å². The molecule has 27 heavy (non-hydrogen) atoms. The number of hydrogen-bond acceptors (Lipinski definition) is 4. The molecule has 0 aliphatic heterocycles. The molecule has 0 radical (unpaired) electrons. The zero-order valence-corrected chi connectivity index (χ0v) is 14.8. The van der Waals surface area contributed by atoms with Gasteiger partial charge in [0, 0.05) is 29.2 Å². The van der Waals surface area contributed by atoms with E-state index in [-0.39, 0.29) is 12.2 Å². The van der Waals surface area contributed by atoms with Gasteiger partial charge in [-0.15, -0.1) is 0 Å². The Kier molecular flexibility index (Phi) is 5.35. The highest BCUT2D eigenvalue weighted by Gasteiger charge is 2.13. The third-order valence-corrected chi connectivity index (χ3v) is 4.21. The predicted molar refractivity (Wildman–Crippen MR) is 102 cm³/mol. The van der Waals surface area contributed by atoms with Gasteiger partial charge in [-0.1, -0.05) is 36.4 Å². The number of hydrogen-bond donors (Lipinski definition) is 0. The number of rotatable bonds is 5. The maximum atomic E-state index is 11.9. The molecule has 0 amide bonds. The second-order valence-electron chi connectivity index (χ2n) is 5.89. The minimum Gasteiger partial charge on any atom is -0.462 e. The van der Waals surface area contributed by atoms with Crippen molar-refractivity contribution < 1.29 is 9.53 Å². The summed E-state index contributed by atoms with van der Waals surface area (Å²) in [6, 6.07) is 19.3. The fourth-order valence-electron chi connectivity index (χ4n) is 2.97. The summed E-state index contributed by atoms with van der Waals surface area (Å²) in [5.41, 5.74) is 3.19. The van der Waals surface area contributed by atoms with Gasteiger partial charge in [0.05, 0.1) is 18.2 Å². The molecule has 0 unspecified atom stereocenters. The molecule has 0 saturated heterocycles. The van der Waals surface area contributed by atoms with Crippen molar-refractivity contribution in [1.29, 1.82) is 10.5 Å². The summed E-state index contributed by atoms with van der Waals surface area (Å²) in [5, 5.41) is 19.5. The summed E-state index contributed by atoms with van der Waals surface area (Å²) in [5.74, 6) is -0.633. The van der Waals surface area contributed by atoms with Crippen LogP contribution in [0.15, 0.2) is 60.3 Å². The first-order chi connectivity index (χ1) is 13.2. The molecule has 0 aliphatic rings. The lowest BCUT2D eigenvalue weighted by Gasteiger charge is -2.07. The van der Waals surface area contributed by atoms with Crippen LogP contribution in [0.25, 0.3) is 17.0 Å². The van der Waals surface area contributed by atoms with Crippen molar-refractivity contribution in [2.45, 2.75) is 13.5 Å². The zero-order valence-electron chi connectivity index (χ0n) is 14.8. The van der Waals surface area contributed by atoms with E-state index in [0.717, 1.165) is 22.0 Å². The van der Waals surface area contributed by atoms with Crippen LogP contribution in [0.5, 0.6) is 0 Å². The Hall–Kier alpha value is -3.83. The Balaban J connectivity index is 2.08. The highest BCUT2D eigenvalue weighted by atomic mass is 16.5. The van der Waals surface area contributed by atoms with Crippen LogP contribution in [-0.4, -0.2) is 17.1 Å². The topological polar surface area (TPSA) is 78.8 Å². The van der Waals surface area contributed by atoms with Crippen molar-refractivity contribution in [2.24, 2.45) is 0 Å². The smallest absolute Gasteiger partial charge is 0.348 e. The molecule has 1 heterocycles. The van der Waals surface area contributed by atoms with Crippen LogP contribution < -0.4 is 0 Å². The number of nitrogens with zero attached hydrogens (tertiary/aromatic N) is 3. The van der Waals surface area contributed by atoms with Crippen LogP contribution in [0, 0.1) is 22.7 Å². The molecule has 0 N–H and O–H groups in total. The number of esters is 1. The number of carbonyl (C=O) groups is 1.